The maximum absolute atomic E-state index is 12.3. The van der Waals surface area contributed by atoms with Gasteiger partial charge in [0.2, 0.25) is 11.8 Å². The van der Waals surface area contributed by atoms with Crippen LogP contribution < -0.4 is 0 Å². The first-order chi connectivity index (χ1) is 10.5. The Hall–Kier alpha value is -2.15. The Morgan fingerprint density at radius 1 is 1.45 bits per heavy atom. The molecule has 6 nitrogen and oxygen atoms in total. The van der Waals surface area contributed by atoms with E-state index in [2.05, 4.69) is 4.98 Å². The molecule has 2 aromatic heterocycles. The lowest BCUT2D eigenvalue weighted by Gasteiger charge is -2.19. The number of nitrogens with zero attached hydrogens (tertiary/aromatic N) is 2. The number of hydrogen-bond acceptors (Lipinski definition) is 5. The van der Waals surface area contributed by atoms with Crippen LogP contribution in [0.3, 0.4) is 0 Å². The molecule has 7 heteroatoms. The summed E-state index contributed by atoms with van der Waals surface area (Å²) in [5, 5.41) is 12.6. The Morgan fingerprint density at radius 3 is 2.82 bits per heavy atom. The molecule has 0 saturated carbocycles. The fourth-order valence-electron chi connectivity index (χ4n) is 2.05. The van der Waals surface area contributed by atoms with Crippen LogP contribution in [0.15, 0.2) is 21.2 Å². The van der Waals surface area contributed by atoms with E-state index in [0.717, 1.165) is 5.56 Å². The van der Waals surface area contributed by atoms with Crippen LogP contribution in [0.1, 0.15) is 24.8 Å². The molecule has 2 aromatic rings. The highest BCUT2D eigenvalue weighted by molar-refractivity contribution is 7.08. The third kappa shape index (κ3) is 3.94. The topological polar surface area (TPSA) is 83.6 Å². The number of thiophene rings is 1. The number of carbonyl (C=O) groups is 2. The van der Waals surface area contributed by atoms with Crippen LogP contribution in [0.25, 0.3) is 11.5 Å². The zero-order valence-electron chi connectivity index (χ0n) is 12.5. The van der Waals surface area contributed by atoms with Crippen LogP contribution in [-0.2, 0) is 16.0 Å². The average molecular weight is 322 g/mol. The van der Waals surface area contributed by atoms with Gasteiger partial charge < -0.3 is 14.4 Å². The quantitative estimate of drug-likeness (QED) is 0.847. The summed E-state index contributed by atoms with van der Waals surface area (Å²) < 4.78 is 5.60. The maximum atomic E-state index is 12.3. The fraction of sp³-hybridized carbons (Fsp3) is 0.400. The van der Waals surface area contributed by atoms with Crippen LogP contribution in [0, 0.1) is 6.92 Å². The van der Waals surface area contributed by atoms with Crippen molar-refractivity contribution in [2.75, 3.05) is 13.1 Å². The van der Waals surface area contributed by atoms with Gasteiger partial charge in [0.25, 0.3) is 0 Å². The molecular formula is C15H18N2O4S. The van der Waals surface area contributed by atoms with Crippen LogP contribution in [-0.4, -0.2) is 40.0 Å². The van der Waals surface area contributed by atoms with Gasteiger partial charge in [-0.2, -0.15) is 11.3 Å². The minimum atomic E-state index is -0.913. The van der Waals surface area contributed by atoms with Crippen molar-refractivity contribution >= 4 is 23.2 Å². The third-order valence-electron chi connectivity index (χ3n) is 3.31. The summed E-state index contributed by atoms with van der Waals surface area (Å²) in [6, 6.07) is 1.91. The summed E-state index contributed by atoms with van der Waals surface area (Å²) in [4.78, 5) is 28.8. The van der Waals surface area contributed by atoms with Gasteiger partial charge in [-0.05, 0) is 25.3 Å². The first kappa shape index (κ1) is 16.2. The normalized spacial score (nSPS) is 10.6. The maximum Gasteiger partial charge on any atom is 0.305 e. The van der Waals surface area contributed by atoms with Gasteiger partial charge in [0.15, 0.2) is 0 Å². The highest BCUT2D eigenvalue weighted by Gasteiger charge is 2.19. The summed E-state index contributed by atoms with van der Waals surface area (Å²) in [6.45, 7) is 4.28. The van der Waals surface area contributed by atoms with E-state index >= 15 is 0 Å². The largest absolute Gasteiger partial charge is 0.481 e. The molecule has 0 aliphatic heterocycles. The number of aromatic nitrogens is 1. The summed E-state index contributed by atoms with van der Waals surface area (Å²) in [6.07, 6.45) is 0.0600. The van der Waals surface area contributed by atoms with Crippen molar-refractivity contribution < 1.29 is 19.1 Å². The fourth-order valence-corrected chi connectivity index (χ4v) is 2.68. The molecule has 2 heterocycles. The molecule has 22 heavy (non-hydrogen) atoms. The van der Waals surface area contributed by atoms with Gasteiger partial charge in [-0.25, -0.2) is 4.98 Å². The Bertz CT molecular complexity index is 649. The Morgan fingerprint density at radius 2 is 2.23 bits per heavy atom. The second-order valence-corrected chi connectivity index (χ2v) is 5.61. The molecule has 0 fully saturated rings. The molecule has 0 atom stereocenters. The van der Waals surface area contributed by atoms with Crippen LogP contribution in [0.4, 0.5) is 0 Å². The summed E-state index contributed by atoms with van der Waals surface area (Å²) in [7, 11) is 0. The van der Waals surface area contributed by atoms with Crippen LogP contribution in [0.2, 0.25) is 0 Å². The summed E-state index contributed by atoms with van der Waals surface area (Å²) in [5.41, 5.74) is 1.49. The van der Waals surface area contributed by atoms with E-state index in [9.17, 15) is 9.59 Å². The lowest BCUT2D eigenvalue weighted by molar-refractivity contribution is -0.138. The average Bonchev–Trinajstić information content (AvgIpc) is 3.09. The summed E-state index contributed by atoms with van der Waals surface area (Å²) in [5.74, 6) is 0.0691. The number of likely N-dealkylation sites (N-methyl/N-ethyl adjacent to an activating group) is 1. The Balaban J connectivity index is 2.06. The van der Waals surface area contributed by atoms with Crippen molar-refractivity contribution in [3.8, 4) is 11.5 Å². The van der Waals surface area contributed by atoms with E-state index in [1.165, 1.54) is 4.90 Å². The highest BCUT2D eigenvalue weighted by Crippen LogP contribution is 2.24. The smallest absolute Gasteiger partial charge is 0.305 e. The van der Waals surface area contributed by atoms with E-state index in [4.69, 9.17) is 9.52 Å². The first-order valence-electron chi connectivity index (χ1n) is 6.99. The number of amides is 1. The molecule has 0 radical (unpaired) electrons. The second kappa shape index (κ2) is 7.22. The van der Waals surface area contributed by atoms with E-state index in [-0.39, 0.29) is 25.3 Å². The second-order valence-electron chi connectivity index (χ2n) is 4.83. The van der Waals surface area contributed by atoms with Crippen molar-refractivity contribution in [1.82, 2.24) is 9.88 Å². The van der Waals surface area contributed by atoms with Gasteiger partial charge in [-0.1, -0.05) is 0 Å². The van der Waals surface area contributed by atoms with Gasteiger partial charge >= 0.3 is 5.97 Å². The lowest BCUT2D eigenvalue weighted by atomic mass is 10.2. The first-order valence-corrected chi connectivity index (χ1v) is 7.94. The predicted octanol–water partition coefficient (Wildman–Crippen LogP) is 2.58. The van der Waals surface area contributed by atoms with Crippen molar-refractivity contribution in [2.45, 2.75) is 26.7 Å². The molecule has 1 amide bonds. The van der Waals surface area contributed by atoms with Crippen LogP contribution in [0.5, 0.6) is 0 Å². The van der Waals surface area contributed by atoms with Crippen molar-refractivity contribution in [3.05, 3.63) is 28.3 Å². The molecule has 0 spiro atoms. The van der Waals surface area contributed by atoms with Gasteiger partial charge in [0, 0.05) is 24.0 Å². The molecule has 0 saturated heterocycles. The van der Waals surface area contributed by atoms with Gasteiger partial charge in [-0.3, -0.25) is 9.59 Å². The van der Waals surface area contributed by atoms with Gasteiger partial charge in [0.1, 0.15) is 5.76 Å². The number of aliphatic carboxylic acids is 1. The number of oxazole rings is 1. The minimum absolute atomic E-state index is 0.0580. The zero-order chi connectivity index (χ0) is 16.1. The standard InChI is InChI=1S/C15H18N2O4S/c1-3-17(6-4-14(19)20)13(18)8-12-10(2)21-15(16-12)11-5-7-22-9-11/h5,7,9H,3-4,6,8H2,1-2H3,(H,19,20). The highest BCUT2D eigenvalue weighted by atomic mass is 32.1. The number of rotatable bonds is 7. The molecular weight excluding hydrogens is 304 g/mol. The van der Waals surface area contributed by atoms with E-state index < -0.39 is 5.97 Å². The van der Waals surface area contributed by atoms with Crippen molar-refractivity contribution in [3.63, 3.8) is 0 Å². The monoisotopic (exact) mass is 322 g/mol. The number of carboxylic acid groups (broad SMARTS) is 1. The number of carboxylic acids is 1. The Kier molecular flexibility index (Phi) is 5.32. The minimum Gasteiger partial charge on any atom is -0.481 e. The predicted molar refractivity (Wildman–Crippen MR) is 82.8 cm³/mol. The molecule has 0 bridgehead atoms. The number of carbonyl (C=O) groups excluding carboxylic acids is 1. The van der Waals surface area contributed by atoms with Crippen molar-refractivity contribution in [1.29, 1.82) is 0 Å². The zero-order valence-corrected chi connectivity index (χ0v) is 13.4. The molecule has 0 aromatic carbocycles. The Labute approximate surface area is 132 Å². The molecule has 118 valence electrons. The number of hydrogen-bond donors (Lipinski definition) is 1. The SMILES string of the molecule is CCN(CCC(=O)O)C(=O)Cc1nc(-c2ccsc2)oc1C. The van der Waals surface area contributed by atoms with E-state index in [1.807, 2.05) is 23.8 Å². The lowest BCUT2D eigenvalue weighted by Crippen LogP contribution is -2.34. The van der Waals surface area contributed by atoms with E-state index in [1.54, 1.807) is 18.3 Å². The third-order valence-corrected chi connectivity index (χ3v) is 3.99. The molecule has 0 aliphatic carbocycles. The van der Waals surface area contributed by atoms with Crippen molar-refractivity contribution in [2.24, 2.45) is 0 Å². The van der Waals surface area contributed by atoms with Gasteiger partial charge in [-0.15, -0.1) is 0 Å². The molecule has 0 aliphatic rings. The number of aryl methyl sites for hydroxylation is 1. The molecule has 0 unspecified atom stereocenters. The van der Waals surface area contributed by atoms with Crippen LogP contribution >= 0.6 is 11.3 Å². The molecule has 1 N–H and O–H groups in total. The summed E-state index contributed by atoms with van der Waals surface area (Å²) >= 11 is 1.55. The molecule has 2 rings (SSSR count). The van der Waals surface area contributed by atoms with Gasteiger partial charge in [0.05, 0.1) is 18.5 Å². The van der Waals surface area contributed by atoms with E-state index in [0.29, 0.717) is 23.9 Å².